The summed E-state index contributed by atoms with van der Waals surface area (Å²) < 4.78 is 7.37. The molecule has 7 heteroatoms. The first-order valence-corrected chi connectivity index (χ1v) is 9.83. The number of benzene rings is 1. The largest absolute Gasteiger partial charge is 0.376 e. The van der Waals surface area contributed by atoms with Gasteiger partial charge in [0.25, 0.3) is 5.91 Å². The van der Waals surface area contributed by atoms with Crippen molar-refractivity contribution in [2.24, 2.45) is 0 Å². The van der Waals surface area contributed by atoms with Crippen LogP contribution in [0.4, 0.5) is 0 Å². The van der Waals surface area contributed by atoms with Crippen LogP contribution in [0.15, 0.2) is 18.2 Å². The molecule has 27 heavy (non-hydrogen) atoms. The number of fused-ring (bicyclic) bond motifs is 1. The van der Waals surface area contributed by atoms with Crippen LogP contribution in [-0.4, -0.2) is 58.1 Å². The second-order valence-electron chi connectivity index (χ2n) is 7.31. The highest BCUT2D eigenvalue weighted by Crippen LogP contribution is 2.26. The van der Waals surface area contributed by atoms with E-state index >= 15 is 0 Å². The van der Waals surface area contributed by atoms with Gasteiger partial charge in [-0.15, -0.1) is 5.10 Å². The third kappa shape index (κ3) is 3.61. The van der Waals surface area contributed by atoms with Crippen molar-refractivity contribution in [1.82, 2.24) is 25.2 Å². The van der Waals surface area contributed by atoms with Gasteiger partial charge >= 0.3 is 0 Å². The minimum Gasteiger partial charge on any atom is -0.376 e. The lowest BCUT2D eigenvalue weighted by atomic mass is 9.97. The lowest BCUT2D eigenvalue weighted by molar-refractivity contribution is 0.0853. The Morgan fingerprint density at radius 2 is 2.30 bits per heavy atom. The topological polar surface area (TPSA) is 72.3 Å². The van der Waals surface area contributed by atoms with Crippen molar-refractivity contribution >= 4 is 5.91 Å². The Labute approximate surface area is 159 Å². The highest BCUT2D eigenvalue weighted by atomic mass is 16.5. The minimum atomic E-state index is -0.184. The monoisotopic (exact) mass is 369 g/mol. The van der Waals surface area contributed by atoms with E-state index in [1.807, 2.05) is 6.92 Å². The summed E-state index contributed by atoms with van der Waals surface area (Å²) in [6.07, 6.45) is 3.16. The van der Waals surface area contributed by atoms with Crippen molar-refractivity contribution in [3.63, 3.8) is 0 Å². The molecule has 1 atom stereocenters. The second kappa shape index (κ2) is 7.78. The molecule has 1 fully saturated rings. The molecule has 2 aliphatic heterocycles. The first kappa shape index (κ1) is 18.1. The Morgan fingerprint density at radius 3 is 3.07 bits per heavy atom. The summed E-state index contributed by atoms with van der Waals surface area (Å²) in [5, 5.41) is 11.4. The number of carbonyl (C=O) groups is 1. The Kier molecular flexibility index (Phi) is 5.22. The number of nitrogens with zero attached hydrogens (tertiary/aromatic N) is 4. The number of aromatic nitrogens is 3. The van der Waals surface area contributed by atoms with Gasteiger partial charge in [-0.2, -0.15) is 0 Å². The molecule has 144 valence electrons. The Morgan fingerprint density at radius 1 is 1.41 bits per heavy atom. The second-order valence-corrected chi connectivity index (χ2v) is 7.31. The number of carbonyl (C=O) groups excluding carboxylic acids is 1. The highest BCUT2D eigenvalue weighted by molar-refractivity contribution is 5.93. The van der Waals surface area contributed by atoms with E-state index in [0.29, 0.717) is 12.2 Å². The van der Waals surface area contributed by atoms with Crippen molar-refractivity contribution in [3.05, 3.63) is 40.7 Å². The standard InChI is InChI=1S/C20H27N5O2/c1-3-24-10-9-17-15(13-24)6-4-8-18(17)25-14(2)19(22-23-25)20(26)21-12-16-7-5-11-27-16/h4,6,8,16H,3,5,7,9-13H2,1-2H3,(H,21,26). The summed E-state index contributed by atoms with van der Waals surface area (Å²) in [6.45, 7) is 8.47. The molecule has 0 spiro atoms. The molecule has 0 saturated carbocycles. The number of ether oxygens (including phenoxy) is 1. The summed E-state index contributed by atoms with van der Waals surface area (Å²) in [4.78, 5) is 15.0. The van der Waals surface area contributed by atoms with Crippen molar-refractivity contribution in [3.8, 4) is 5.69 Å². The van der Waals surface area contributed by atoms with Crippen molar-refractivity contribution in [2.75, 3.05) is 26.2 Å². The van der Waals surface area contributed by atoms with Crippen LogP contribution in [0.2, 0.25) is 0 Å². The highest BCUT2D eigenvalue weighted by Gasteiger charge is 2.23. The van der Waals surface area contributed by atoms with Crippen LogP contribution in [0, 0.1) is 6.92 Å². The first-order valence-electron chi connectivity index (χ1n) is 9.83. The first-order chi connectivity index (χ1) is 13.2. The molecule has 0 bridgehead atoms. The predicted molar refractivity (Wildman–Crippen MR) is 102 cm³/mol. The molecule has 4 rings (SSSR count). The molecule has 2 aliphatic rings. The van der Waals surface area contributed by atoms with Gasteiger partial charge in [-0.05, 0) is 49.9 Å². The maximum absolute atomic E-state index is 12.5. The van der Waals surface area contributed by atoms with Crippen molar-refractivity contribution < 1.29 is 9.53 Å². The van der Waals surface area contributed by atoms with Crippen LogP contribution in [-0.2, 0) is 17.7 Å². The number of amides is 1. The zero-order valence-corrected chi connectivity index (χ0v) is 16.1. The molecule has 3 heterocycles. The molecule has 1 saturated heterocycles. The molecule has 1 aromatic heterocycles. The molecule has 1 aromatic carbocycles. The number of hydrogen-bond acceptors (Lipinski definition) is 5. The maximum atomic E-state index is 12.5. The quantitative estimate of drug-likeness (QED) is 0.871. The van der Waals surface area contributed by atoms with Gasteiger partial charge in [-0.1, -0.05) is 24.3 Å². The molecule has 0 aliphatic carbocycles. The molecule has 1 amide bonds. The summed E-state index contributed by atoms with van der Waals surface area (Å²) in [5.41, 5.74) is 4.83. The lowest BCUT2D eigenvalue weighted by Crippen LogP contribution is -2.32. The zero-order valence-electron chi connectivity index (χ0n) is 16.1. The molecular formula is C20H27N5O2. The van der Waals surface area contributed by atoms with Crippen molar-refractivity contribution in [2.45, 2.75) is 45.8 Å². The average Bonchev–Trinajstić information content (AvgIpc) is 3.35. The maximum Gasteiger partial charge on any atom is 0.273 e. The number of rotatable bonds is 5. The van der Waals surface area contributed by atoms with Crippen LogP contribution in [0.25, 0.3) is 5.69 Å². The minimum absolute atomic E-state index is 0.118. The molecule has 1 N–H and O–H groups in total. The van der Waals surface area contributed by atoms with E-state index in [-0.39, 0.29) is 12.0 Å². The number of nitrogens with one attached hydrogen (secondary N) is 1. The number of hydrogen-bond donors (Lipinski definition) is 1. The lowest BCUT2D eigenvalue weighted by Gasteiger charge is -2.29. The average molecular weight is 369 g/mol. The van der Waals surface area contributed by atoms with Crippen LogP contribution in [0.1, 0.15) is 47.1 Å². The van der Waals surface area contributed by atoms with Gasteiger partial charge in [0.2, 0.25) is 0 Å². The molecular weight excluding hydrogens is 342 g/mol. The summed E-state index contributed by atoms with van der Waals surface area (Å²) in [6, 6.07) is 6.31. The fourth-order valence-corrected chi connectivity index (χ4v) is 3.98. The molecule has 2 aromatic rings. The van der Waals surface area contributed by atoms with Crippen molar-refractivity contribution in [1.29, 1.82) is 0 Å². The van der Waals surface area contributed by atoms with Gasteiger partial charge in [-0.3, -0.25) is 9.69 Å². The van der Waals surface area contributed by atoms with Crippen LogP contribution >= 0.6 is 0 Å². The van der Waals surface area contributed by atoms with Gasteiger partial charge < -0.3 is 10.1 Å². The third-order valence-electron chi connectivity index (χ3n) is 5.62. The van der Waals surface area contributed by atoms with E-state index in [0.717, 1.165) is 56.9 Å². The Hall–Kier alpha value is -2.25. The summed E-state index contributed by atoms with van der Waals surface area (Å²) >= 11 is 0. The van der Waals surface area contributed by atoms with E-state index in [9.17, 15) is 4.79 Å². The smallest absolute Gasteiger partial charge is 0.273 e. The fraction of sp³-hybridized carbons (Fsp3) is 0.550. The Balaban J connectivity index is 1.55. The summed E-state index contributed by atoms with van der Waals surface area (Å²) in [5.74, 6) is -0.184. The van der Waals surface area contributed by atoms with E-state index in [1.165, 1.54) is 11.1 Å². The van der Waals surface area contributed by atoms with Gasteiger partial charge in [0.05, 0.1) is 17.5 Å². The number of likely N-dealkylation sites (N-methyl/N-ethyl adjacent to an activating group) is 1. The SMILES string of the molecule is CCN1CCc2c(cccc2-n2nnc(C(=O)NCC3CCCO3)c2C)C1. The fourth-order valence-electron chi connectivity index (χ4n) is 3.98. The van der Waals surface area contributed by atoms with E-state index in [1.54, 1.807) is 4.68 Å². The van der Waals surface area contributed by atoms with E-state index in [4.69, 9.17) is 4.74 Å². The molecule has 1 unspecified atom stereocenters. The van der Waals surface area contributed by atoms with Crippen LogP contribution < -0.4 is 5.32 Å². The normalized spacial score (nSPS) is 19.9. The van der Waals surface area contributed by atoms with E-state index in [2.05, 4.69) is 45.7 Å². The van der Waals surface area contributed by atoms with Gasteiger partial charge in [0.1, 0.15) is 0 Å². The van der Waals surface area contributed by atoms with Crippen LogP contribution in [0.3, 0.4) is 0 Å². The van der Waals surface area contributed by atoms with Crippen LogP contribution in [0.5, 0.6) is 0 Å². The van der Waals surface area contributed by atoms with Gasteiger partial charge in [0, 0.05) is 26.2 Å². The zero-order chi connectivity index (χ0) is 18.8. The molecule has 0 radical (unpaired) electrons. The van der Waals surface area contributed by atoms with E-state index < -0.39 is 0 Å². The molecule has 7 nitrogen and oxygen atoms in total. The Bertz CT molecular complexity index is 826. The summed E-state index contributed by atoms with van der Waals surface area (Å²) in [7, 11) is 0. The third-order valence-corrected chi connectivity index (χ3v) is 5.62. The van der Waals surface area contributed by atoms with Gasteiger partial charge in [0.15, 0.2) is 5.69 Å². The predicted octanol–water partition coefficient (Wildman–Crippen LogP) is 1.86. The van der Waals surface area contributed by atoms with Gasteiger partial charge in [-0.25, -0.2) is 4.68 Å².